The third-order valence-corrected chi connectivity index (χ3v) is 0.748. The van der Waals surface area contributed by atoms with Crippen LogP contribution >= 0.6 is 0 Å². The van der Waals surface area contributed by atoms with E-state index in [-0.39, 0.29) is 13.2 Å². The first-order chi connectivity index (χ1) is 3.79. The van der Waals surface area contributed by atoms with Crippen molar-refractivity contribution in [2.45, 2.75) is 6.29 Å². The minimum Gasteiger partial charge on any atom is -0.432 e. The molecule has 1 rings (SSSR count). The number of hydrogen-bond donors (Lipinski definition) is 1. The van der Waals surface area contributed by atoms with Gasteiger partial charge in [-0.15, -0.1) is 0 Å². The van der Waals surface area contributed by atoms with E-state index in [0.29, 0.717) is 0 Å². The zero-order valence-electron chi connectivity index (χ0n) is 4.16. The second kappa shape index (κ2) is 2.11. The van der Waals surface area contributed by atoms with Gasteiger partial charge in [0.1, 0.15) is 13.2 Å². The molecule has 0 aromatic rings. The highest BCUT2D eigenvalue weighted by molar-refractivity contribution is 5.71. The standard InChI is InChI=1S/C4H6O4/c5-3-1-7-2-4(6)8-3/h3,5H,1-2H2. The maximum absolute atomic E-state index is 10.2. The highest BCUT2D eigenvalue weighted by Crippen LogP contribution is 1.96. The van der Waals surface area contributed by atoms with Crippen LogP contribution in [0, 0.1) is 0 Å². The molecule has 8 heavy (non-hydrogen) atoms. The summed E-state index contributed by atoms with van der Waals surface area (Å²) in [6.45, 7) is 0.0444. The van der Waals surface area contributed by atoms with E-state index < -0.39 is 12.3 Å². The lowest BCUT2D eigenvalue weighted by atomic mass is 10.6. The number of rotatable bonds is 0. The monoisotopic (exact) mass is 118 g/mol. The second-order valence-corrected chi connectivity index (χ2v) is 1.46. The molecule has 0 bridgehead atoms. The van der Waals surface area contributed by atoms with Crippen molar-refractivity contribution in [2.75, 3.05) is 13.2 Å². The van der Waals surface area contributed by atoms with E-state index in [2.05, 4.69) is 9.47 Å². The number of esters is 1. The molecular weight excluding hydrogens is 112 g/mol. The van der Waals surface area contributed by atoms with Crippen molar-refractivity contribution in [3.63, 3.8) is 0 Å². The van der Waals surface area contributed by atoms with Crippen LogP contribution in [-0.2, 0) is 14.3 Å². The summed E-state index contributed by atoms with van der Waals surface area (Å²) >= 11 is 0. The van der Waals surface area contributed by atoms with Crippen molar-refractivity contribution < 1.29 is 19.4 Å². The largest absolute Gasteiger partial charge is 0.432 e. The van der Waals surface area contributed by atoms with Crippen LogP contribution < -0.4 is 0 Å². The lowest BCUT2D eigenvalue weighted by Crippen LogP contribution is -2.32. The lowest BCUT2D eigenvalue weighted by molar-refractivity contribution is -0.200. The fraction of sp³-hybridized carbons (Fsp3) is 0.750. The topological polar surface area (TPSA) is 55.8 Å². The van der Waals surface area contributed by atoms with E-state index >= 15 is 0 Å². The van der Waals surface area contributed by atoms with E-state index in [1.165, 1.54) is 0 Å². The molecule has 0 aliphatic carbocycles. The van der Waals surface area contributed by atoms with Crippen molar-refractivity contribution in [3.8, 4) is 0 Å². The van der Waals surface area contributed by atoms with E-state index in [0.717, 1.165) is 0 Å². The molecule has 1 heterocycles. The molecule has 4 heteroatoms. The van der Waals surface area contributed by atoms with E-state index in [4.69, 9.17) is 5.11 Å². The highest BCUT2D eigenvalue weighted by Gasteiger charge is 2.16. The van der Waals surface area contributed by atoms with Crippen molar-refractivity contribution in [1.82, 2.24) is 0 Å². The van der Waals surface area contributed by atoms with Gasteiger partial charge in [0, 0.05) is 0 Å². The maximum Gasteiger partial charge on any atom is 0.334 e. The Morgan fingerprint density at radius 3 is 2.88 bits per heavy atom. The van der Waals surface area contributed by atoms with Gasteiger partial charge in [0.05, 0.1) is 0 Å². The van der Waals surface area contributed by atoms with E-state index in [1.54, 1.807) is 0 Å². The van der Waals surface area contributed by atoms with Gasteiger partial charge in [-0.05, 0) is 0 Å². The summed E-state index contributed by atoms with van der Waals surface area (Å²) in [5, 5.41) is 8.51. The van der Waals surface area contributed by atoms with E-state index in [1.807, 2.05) is 0 Å². The van der Waals surface area contributed by atoms with Crippen LogP contribution in [0.2, 0.25) is 0 Å². The van der Waals surface area contributed by atoms with Crippen LogP contribution in [0.15, 0.2) is 0 Å². The van der Waals surface area contributed by atoms with Crippen molar-refractivity contribution in [2.24, 2.45) is 0 Å². The predicted octanol–water partition coefficient (Wildman–Crippen LogP) is -1.12. The van der Waals surface area contributed by atoms with Gasteiger partial charge in [-0.25, -0.2) is 4.79 Å². The Bertz CT molecular complexity index is 100. The molecule has 1 aliphatic rings. The zero-order valence-corrected chi connectivity index (χ0v) is 4.16. The predicted molar refractivity (Wildman–Crippen MR) is 22.9 cm³/mol. The molecule has 1 fully saturated rings. The minimum absolute atomic E-state index is 0.0446. The molecule has 0 saturated carbocycles. The number of carbonyl (C=O) groups is 1. The van der Waals surface area contributed by atoms with Gasteiger partial charge < -0.3 is 14.6 Å². The maximum atomic E-state index is 10.2. The molecule has 1 aliphatic heterocycles. The Morgan fingerprint density at radius 2 is 2.50 bits per heavy atom. The fourth-order valence-electron chi connectivity index (χ4n) is 0.463. The van der Waals surface area contributed by atoms with Crippen LogP contribution in [0.4, 0.5) is 0 Å². The second-order valence-electron chi connectivity index (χ2n) is 1.46. The van der Waals surface area contributed by atoms with Gasteiger partial charge in [0.2, 0.25) is 6.29 Å². The number of carbonyl (C=O) groups excluding carboxylic acids is 1. The van der Waals surface area contributed by atoms with Gasteiger partial charge in [0.15, 0.2) is 0 Å². The zero-order chi connectivity index (χ0) is 5.98. The van der Waals surface area contributed by atoms with Crippen molar-refractivity contribution in [3.05, 3.63) is 0 Å². The summed E-state index contributed by atoms with van der Waals surface area (Å²) < 4.78 is 8.85. The Kier molecular flexibility index (Phi) is 1.45. The van der Waals surface area contributed by atoms with Gasteiger partial charge >= 0.3 is 5.97 Å². The quantitative estimate of drug-likeness (QED) is 0.409. The first-order valence-electron chi connectivity index (χ1n) is 2.24. The summed E-state index contributed by atoms with van der Waals surface area (Å²) in [6, 6.07) is 0. The lowest BCUT2D eigenvalue weighted by Gasteiger charge is -2.16. The molecule has 4 nitrogen and oxygen atoms in total. The molecule has 1 N–H and O–H groups in total. The molecule has 0 aromatic carbocycles. The SMILES string of the molecule is O=C1COCC(O)O1. The van der Waals surface area contributed by atoms with Crippen molar-refractivity contribution >= 4 is 5.97 Å². The van der Waals surface area contributed by atoms with Gasteiger partial charge in [-0.2, -0.15) is 0 Å². The average molecular weight is 118 g/mol. The average Bonchev–Trinajstić information content (AvgIpc) is 1.64. The third kappa shape index (κ3) is 1.18. The normalized spacial score (nSPS) is 29.6. The highest BCUT2D eigenvalue weighted by atomic mass is 16.7. The molecule has 1 atom stereocenters. The van der Waals surface area contributed by atoms with Gasteiger partial charge in [-0.3, -0.25) is 0 Å². The van der Waals surface area contributed by atoms with Crippen LogP contribution in [0.25, 0.3) is 0 Å². The minimum atomic E-state index is -1.06. The molecule has 0 spiro atoms. The number of hydrogen-bond acceptors (Lipinski definition) is 4. The molecule has 0 amide bonds. The summed E-state index contributed by atoms with van der Waals surface area (Å²) in [5.41, 5.74) is 0. The summed E-state index contributed by atoms with van der Waals surface area (Å²) in [4.78, 5) is 10.2. The number of cyclic esters (lactones) is 1. The van der Waals surface area contributed by atoms with Crippen molar-refractivity contribution in [1.29, 1.82) is 0 Å². The molecule has 1 saturated heterocycles. The Labute approximate surface area is 46.0 Å². The van der Waals surface area contributed by atoms with E-state index in [9.17, 15) is 4.79 Å². The Morgan fingerprint density at radius 1 is 1.75 bits per heavy atom. The fourth-order valence-corrected chi connectivity index (χ4v) is 0.463. The number of aliphatic hydroxyl groups is 1. The molecule has 0 radical (unpaired) electrons. The van der Waals surface area contributed by atoms with Gasteiger partial charge in [0.25, 0.3) is 0 Å². The molecule has 1 unspecified atom stereocenters. The van der Waals surface area contributed by atoms with Crippen LogP contribution in [0.3, 0.4) is 0 Å². The van der Waals surface area contributed by atoms with Crippen LogP contribution in [0.1, 0.15) is 0 Å². The first-order valence-corrected chi connectivity index (χ1v) is 2.24. The molecule has 0 aromatic heterocycles. The number of aliphatic hydroxyl groups excluding tert-OH is 1. The molecule has 46 valence electrons. The smallest absolute Gasteiger partial charge is 0.334 e. The first kappa shape index (κ1) is 5.53. The van der Waals surface area contributed by atoms with Gasteiger partial charge in [-0.1, -0.05) is 0 Å². The summed E-state index contributed by atoms with van der Waals surface area (Å²) in [7, 11) is 0. The Hall–Kier alpha value is -0.610. The van der Waals surface area contributed by atoms with Crippen LogP contribution in [-0.4, -0.2) is 30.6 Å². The third-order valence-electron chi connectivity index (χ3n) is 0.748. The number of ether oxygens (including phenoxy) is 2. The summed E-state index contributed by atoms with van der Waals surface area (Å²) in [6.07, 6.45) is -1.06. The molecular formula is C4H6O4. The summed E-state index contributed by atoms with van der Waals surface area (Å²) in [5.74, 6) is -0.510. The van der Waals surface area contributed by atoms with Crippen LogP contribution in [0.5, 0.6) is 0 Å². The Balaban J connectivity index is 2.34.